The molecule has 24 nitrogen and oxygen atoms in total. The summed E-state index contributed by atoms with van der Waals surface area (Å²) in [5.74, 6) is -45.0. The molecule has 12 aliphatic heterocycles. The molecule has 24 heteroatoms. The lowest BCUT2D eigenvalue weighted by Crippen LogP contribution is -2.46. The molecule has 12 aliphatic rings. The first-order valence-electron chi connectivity index (χ1n) is 91.8. The number of hydrogen-bond donors (Lipinski definition) is 0. The van der Waals surface area contributed by atoms with Crippen LogP contribution in [0.25, 0.3) is 0 Å². The van der Waals surface area contributed by atoms with Gasteiger partial charge in [0.15, 0.2) is 69.0 Å². The topological polar surface area (TPSA) is 233 Å². The molecule has 141 heavy (non-hydrogen) atoms. The van der Waals surface area contributed by atoms with Crippen LogP contribution in [-0.2, 0) is 67.1 Å². The summed E-state index contributed by atoms with van der Waals surface area (Å²) >= 11 is 0. The highest BCUT2D eigenvalue weighted by Gasteiger charge is 2.47. The number of fused-ring (bicyclic) bond motifs is 18. The van der Waals surface area contributed by atoms with Gasteiger partial charge in [0.1, 0.15) is 34.7 Å². The molecule has 18 rings (SSSR count). The molecule has 6 saturated heterocycles. The molecule has 774 valence electrons. The summed E-state index contributed by atoms with van der Waals surface area (Å²) in [7, 11) is -37.8. The maximum absolute atomic E-state index is 14.0. The highest BCUT2D eigenvalue weighted by molar-refractivity contribution is 5.86. The lowest BCUT2D eigenvalue weighted by Gasteiger charge is -2.43. The number of rotatable bonds is 27. The predicted octanol–water partition coefficient (Wildman–Crippen LogP) is 20.6. The zero-order chi connectivity index (χ0) is 186. The number of carbonyl (C=O) groups excluding carboxylic acids is 6. The summed E-state index contributed by atoms with van der Waals surface area (Å²) in [6.07, 6.45) is -50.0. The van der Waals surface area contributed by atoms with Gasteiger partial charge in [-0.3, -0.25) is 58.2 Å². The van der Waals surface area contributed by atoms with Gasteiger partial charge in [-0.15, -0.1) is 0 Å². The molecule has 6 aromatic carbocycles. The standard InChI is InChI=1S/3C20H29NO3.3C19H27NO3/c3*1-5-13(2)8-15-12-21-7-6-14-9-19(23-3)20(24-4)10-16(14)17(21)11-18(15)22;3*1-12(2)7-14-11-20-6-5-13-8-18(22-3)19(23-4)9-15(13)16(20)10-17(14)21/h3*9-10,13,15,17H,5-8,11-12H2,1-4H3;3*8-9,12,14,16H,5-7,10-11H2,1-4H3/i2D3,3D3,4D3,5D2,6D2,7D2,8D2,11D2,13D,15D,17D;2D3,3D3,4D3,5D2,8D2,11D2,12D2,13D,15D,17D;2D3,3D3,4D3,5D2,6D2,7D2,8D2,13D,17D;3D3,4D3,5D2,6D2,10D2,14D,16D;3D3,4D3,10D2,11D2,14D;3D3,4D3,5D2,6D2,16D. The van der Waals surface area contributed by atoms with E-state index >= 15 is 0 Å². The van der Waals surface area contributed by atoms with E-state index in [2.05, 4.69) is 0 Å². The van der Waals surface area contributed by atoms with Crippen molar-refractivity contribution >= 4 is 34.7 Å². The molecule has 0 spiro atoms. The van der Waals surface area contributed by atoms with Gasteiger partial charge in [-0.2, -0.15) is 0 Å². The third-order valence-electron chi connectivity index (χ3n) is 23.2. The van der Waals surface area contributed by atoms with Crippen LogP contribution in [0.2, 0.25) is 0 Å². The normalized spacial score (nSPS) is 47.1. The molecule has 6 fully saturated rings. The number of carbonyl (C=O) groups is 6. The minimum Gasteiger partial charge on any atom is -0.493 e. The molecule has 0 radical (unpaired) electrons. The van der Waals surface area contributed by atoms with Crippen molar-refractivity contribution in [3.63, 3.8) is 0 Å². The molecule has 0 amide bonds. The second-order valence-electron chi connectivity index (χ2n) is 33.7. The van der Waals surface area contributed by atoms with Crippen LogP contribution in [0.3, 0.4) is 0 Å². The summed E-state index contributed by atoms with van der Waals surface area (Å²) in [4.78, 5) is 84.3. The Balaban J connectivity index is 0.000000226. The van der Waals surface area contributed by atoms with Crippen molar-refractivity contribution in [2.75, 3.05) is 163 Å². The fraction of sp³-hybridized carbons (Fsp3) is 0.641. The minimum absolute atomic E-state index is 0.0527. The van der Waals surface area contributed by atoms with Gasteiger partial charge in [-0.05, 0) is 252 Å². The maximum Gasteiger partial charge on any atom is 0.161 e. The number of Topliss-reactive ketones (excluding diaryl/α,β-unsaturated/α-hetero) is 6. The fourth-order valence-electron chi connectivity index (χ4n) is 16.5. The van der Waals surface area contributed by atoms with E-state index in [1.54, 1.807) is 27.7 Å². The Labute approximate surface area is 978 Å². The Kier molecular flexibility index (Phi) is 13.8. The second kappa shape index (κ2) is 50.0. The Morgan fingerprint density at radius 3 is 1.01 bits per heavy atom. The Morgan fingerprint density at radius 2 is 0.610 bits per heavy atom. The molecule has 0 N–H and O–H groups in total. The molecular formula is C117H168N6O18. The number of nitrogens with zero attached hydrogens (tertiary/aromatic N) is 6. The average Bonchev–Trinajstić information content (AvgIpc) is 0.642. The SMILES string of the molecule is [2H]C([2H])([2H])Oc1cc2c(cc1OC([2H])([2H])[2H])C([2H])([2H])C([2H])([2H])N1CC(C([2H])([2H])C([2H])(C([2H])([2H])[2H])C([2H])([2H])C)C(=O)CC21[2H].[2H]C([2H])([2H])Oc1cc2c(cc1OC([2H])([2H])[2H])C([2H])([2H])C([2H])([2H])N1CC(CC(C)C)C(=O)CC21[2H].[2H]C([2H])([2H])Oc1cc2c(cc1OC([2H])([2H])[2H])C1([2H])N(CC([2H])(C([2H])([2H])C([2H])(C([2H])([2H])[2H])C([2H])([2H])C)C(=O)C1([2H])[2H])C([2H])([2H])C2([2H])[2H].[2H]C([2H])([2H])Oc1cc2c(cc1OC([2H])([2H])[2H])C1([2H])N(CC([2H])(CC(C)C)C(=O)C1([2H])[2H])C([2H])([2H])C2([2H])[2H].[2H]C([2H])([2H])Oc1cc2c(cc1OC([2H])([2H])[2H])C1([2H])N(CC2)C([2H])([2H])C([2H])(C([2H])([2H])C([2H])(C([2H])([2H])[2H])C([2H])([2H])C)C(=O)C1([2H])[2H].[2H]C([2H])([2H])Oc1cc2c(cc1OC([2H])([2H])[2H])C1N(CC2)C([2H])([2H])C([2H])(CC(C)C)C(=O)C1([2H])[2H]. The summed E-state index contributed by atoms with van der Waals surface area (Å²) in [6.45, 7) is -23.5. The van der Waals surface area contributed by atoms with Gasteiger partial charge in [-0.1, -0.05) is 102 Å². The first-order chi connectivity index (χ1) is 105. The number of piperidine rings is 6. The van der Waals surface area contributed by atoms with Crippen LogP contribution in [0.1, 0.15) is 415 Å². The van der Waals surface area contributed by atoms with E-state index < -0.39 is 505 Å². The van der Waals surface area contributed by atoms with E-state index in [0.717, 1.165) is 40.1 Å². The summed E-state index contributed by atoms with van der Waals surface area (Å²) in [5.41, 5.74) is -5.55. The summed E-state index contributed by atoms with van der Waals surface area (Å²) < 4.78 is 843. The van der Waals surface area contributed by atoms with E-state index in [0.29, 0.717) is 79.0 Å². The van der Waals surface area contributed by atoms with Crippen LogP contribution in [0.15, 0.2) is 72.8 Å². The smallest absolute Gasteiger partial charge is 0.161 e. The number of aryl methyl sites for hydroxylation is 4. The molecule has 0 aromatic heterocycles. The lowest BCUT2D eigenvalue weighted by molar-refractivity contribution is -0.130. The van der Waals surface area contributed by atoms with Crippen molar-refractivity contribution in [2.24, 2.45) is 70.8 Å². The van der Waals surface area contributed by atoms with E-state index in [9.17, 15) is 32.9 Å². The van der Waals surface area contributed by atoms with E-state index in [4.69, 9.17) is 186 Å². The molecule has 0 saturated carbocycles. The van der Waals surface area contributed by atoms with Gasteiger partial charge in [-0.25, -0.2) is 0 Å². The fourth-order valence-corrected chi connectivity index (χ4v) is 16.5. The lowest BCUT2D eigenvalue weighted by atomic mass is 9.79. The zero-order valence-electron chi connectivity index (χ0n) is 174. The van der Waals surface area contributed by atoms with Crippen molar-refractivity contribution in [3.8, 4) is 69.0 Å². The van der Waals surface area contributed by atoms with Gasteiger partial charge in [0, 0.05) is 265 Å². The van der Waals surface area contributed by atoms with E-state index in [-0.39, 0.29) is 88.1 Å². The number of ketones is 6. The van der Waals surface area contributed by atoms with Gasteiger partial charge < -0.3 is 56.8 Å². The number of hydrogen-bond acceptors (Lipinski definition) is 24. The predicted molar refractivity (Wildman–Crippen MR) is 555 cm³/mol. The Bertz CT molecular complexity index is 9830. The number of methoxy groups -OCH3 is 12. The monoisotopic (exact) mass is 2040 g/mol. The van der Waals surface area contributed by atoms with Crippen LogP contribution in [-0.4, -0.2) is 227 Å². The van der Waals surface area contributed by atoms with Crippen molar-refractivity contribution in [3.05, 3.63) is 140 Å². The third kappa shape index (κ3) is 25.6. The molecule has 6 aromatic rings. The van der Waals surface area contributed by atoms with Crippen LogP contribution < -0.4 is 56.8 Å². The van der Waals surface area contributed by atoms with Crippen molar-refractivity contribution in [1.29, 1.82) is 0 Å². The van der Waals surface area contributed by atoms with Crippen LogP contribution in [0.5, 0.6) is 69.0 Å². The maximum atomic E-state index is 14.0. The van der Waals surface area contributed by atoms with Crippen molar-refractivity contribution < 1.29 is 219 Å². The van der Waals surface area contributed by atoms with Crippen LogP contribution >= 0.6 is 0 Å². The van der Waals surface area contributed by atoms with Gasteiger partial charge in [0.2, 0.25) is 0 Å². The first-order valence-corrected chi connectivity index (χ1v) is 43.3. The average molecular weight is 2040 g/mol. The quantitative estimate of drug-likeness (QED) is 0.0466. The van der Waals surface area contributed by atoms with E-state index in [1.807, 2.05) is 13.8 Å². The van der Waals surface area contributed by atoms with Crippen LogP contribution in [0.4, 0.5) is 0 Å². The number of ether oxygens (including phenoxy) is 12. The van der Waals surface area contributed by atoms with E-state index in [1.165, 1.54) is 6.07 Å². The van der Waals surface area contributed by atoms with Crippen molar-refractivity contribution in [2.45, 2.75) is 253 Å². The Hall–Kier alpha value is -9.30. The second-order valence-corrected chi connectivity index (χ2v) is 33.7. The summed E-state index contributed by atoms with van der Waals surface area (Å²) in [6, 6.07) is -6.58. The highest BCUT2D eigenvalue weighted by atomic mass is 16.5. The van der Waals surface area contributed by atoms with Gasteiger partial charge in [0.05, 0.1) is 141 Å². The largest absolute Gasteiger partial charge is 0.493 e. The summed E-state index contributed by atoms with van der Waals surface area (Å²) in [5, 5.41) is 0. The molecule has 12 heterocycles. The molecule has 0 bridgehead atoms. The molecule has 15 atom stereocenters. The van der Waals surface area contributed by atoms with Gasteiger partial charge in [0.25, 0.3) is 0 Å². The third-order valence-corrected chi connectivity index (χ3v) is 23.2. The highest BCUT2D eigenvalue weighted by Crippen LogP contribution is 2.51. The number of benzene rings is 6. The van der Waals surface area contributed by atoms with Crippen molar-refractivity contribution in [1.82, 2.24) is 29.4 Å². The zero-order valence-corrected chi connectivity index (χ0v) is 77.1. The molecule has 15 unspecified atom stereocenters. The molecular weight excluding hydrogens is 1780 g/mol. The van der Waals surface area contributed by atoms with Gasteiger partial charge >= 0.3 is 0 Å². The minimum atomic E-state index is -4.30. The molecule has 0 aliphatic carbocycles. The van der Waals surface area contributed by atoms with Crippen LogP contribution in [0, 0.1) is 70.8 Å². The Morgan fingerprint density at radius 1 is 0.319 bits per heavy atom. The first kappa shape index (κ1) is 38.8.